The van der Waals surface area contributed by atoms with Crippen LogP contribution < -0.4 is 10.6 Å². The molecular formula is C20H22FN3O3S2. The molecule has 1 aromatic heterocycles. The van der Waals surface area contributed by atoms with Gasteiger partial charge in [0.25, 0.3) is 0 Å². The van der Waals surface area contributed by atoms with Crippen LogP contribution in [0.2, 0.25) is 0 Å². The van der Waals surface area contributed by atoms with Crippen LogP contribution in [0.5, 0.6) is 0 Å². The van der Waals surface area contributed by atoms with E-state index in [1.165, 1.54) is 46.5 Å². The molecule has 0 atom stereocenters. The van der Waals surface area contributed by atoms with Crippen LogP contribution in [0.3, 0.4) is 0 Å². The van der Waals surface area contributed by atoms with Crippen LogP contribution in [0.15, 0.2) is 35.7 Å². The van der Waals surface area contributed by atoms with E-state index in [-0.39, 0.29) is 48.0 Å². The Balaban J connectivity index is 1.27. The van der Waals surface area contributed by atoms with Gasteiger partial charge in [0.05, 0.1) is 11.5 Å². The summed E-state index contributed by atoms with van der Waals surface area (Å²) in [4.78, 5) is 39.2. The van der Waals surface area contributed by atoms with Crippen LogP contribution in [0.1, 0.15) is 16.9 Å². The fourth-order valence-electron chi connectivity index (χ4n) is 2.95. The molecule has 1 aliphatic rings. The molecule has 3 amide bonds. The first-order chi connectivity index (χ1) is 14.0. The molecule has 29 heavy (non-hydrogen) atoms. The smallest absolute Gasteiger partial charge is 0.234 e. The predicted octanol–water partition coefficient (Wildman–Crippen LogP) is 2.65. The van der Waals surface area contributed by atoms with E-state index in [9.17, 15) is 18.8 Å². The summed E-state index contributed by atoms with van der Waals surface area (Å²) >= 11 is 2.91. The van der Waals surface area contributed by atoms with E-state index in [1.807, 2.05) is 4.90 Å². The summed E-state index contributed by atoms with van der Waals surface area (Å²) in [6, 6.07) is 7.54. The molecule has 1 aromatic carbocycles. The molecule has 2 heterocycles. The van der Waals surface area contributed by atoms with Gasteiger partial charge in [-0.3, -0.25) is 14.4 Å². The van der Waals surface area contributed by atoms with Crippen LogP contribution in [0.25, 0.3) is 0 Å². The van der Waals surface area contributed by atoms with Gasteiger partial charge in [-0.25, -0.2) is 4.39 Å². The number of thioether (sulfide) groups is 1. The molecular weight excluding hydrogens is 413 g/mol. The molecule has 0 saturated carbocycles. The number of carbonyl (C=O) groups is 3. The Bertz CT molecular complexity index is 870. The molecule has 0 fully saturated rings. The van der Waals surface area contributed by atoms with Crippen molar-refractivity contribution < 1.29 is 18.8 Å². The minimum absolute atomic E-state index is 0.0356. The van der Waals surface area contributed by atoms with Crippen molar-refractivity contribution in [3.8, 4) is 0 Å². The minimum Gasteiger partial charge on any atom is -0.355 e. The summed E-state index contributed by atoms with van der Waals surface area (Å²) in [6.45, 7) is 1.65. The second kappa shape index (κ2) is 10.4. The van der Waals surface area contributed by atoms with E-state index in [4.69, 9.17) is 0 Å². The Labute approximate surface area is 176 Å². The predicted molar refractivity (Wildman–Crippen MR) is 113 cm³/mol. The molecule has 6 nitrogen and oxygen atoms in total. The van der Waals surface area contributed by atoms with Gasteiger partial charge in [0.1, 0.15) is 5.82 Å². The molecule has 9 heteroatoms. The first-order valence-corrected chi connectivity index (χ1v) is 11.3. The van der Waals surface area contributed by atoms with Crippen molar-refractivity contribution in [3.05, 3.63) is 52.0 Å². The van der Waals surface area contributed by atoms with Gasteiger partial charge in [0.15, 0.2) is 0 Å². The maximum atomic E-state index is 12.8. The van der Waals surface area contributed by atoms with Crippen molar-refractivity contribution in [2.45, 2.75) is 19.4 Å². The van der Waals surface area contributed by atoms with Crippen molar-refractivity contribution in [2.75, 3.05) is 29.9 Å². The van der Waals surface area contributed by atoms with Crippen molar-refractivity contribution in [1.82, 2.24) is 10.2 Å². The lowest BCUT2D eigenvalue weighted by atomic mass is 10.1. The van der Waals surface area contributed by atoms with Crippen molar-refractivity contribution in [2.24, 2.45) is 0 Å². The number of anilines is 1. The number of thiophene rings is 1. The maximum absolute atomic E-state index is 12.8. The summed E-state index contributed by atoms with van der Waals surface area (Å²) in [5.41, 5.74) is 1.72. The SMILES string of the molecule is O=C(CSCC(=O)Nc1ccc(F)cc1)NCCC(=O)N1CCc2sccc2C1. The Morgan fingerprint density at radius 2 is 1.86 bits per heavy atom. The van der Waals surface area contributed by atoms with Crippen LogP contribution in [-0.4, -0.2) is 47.2 Å². The summed E-state index contributed by atoms with van der Waals surface area (Å²) in [5, 5.41) is 7.40. The highest BCUT2D eigenvalue weighted by Crippen LogP contribution is 2.24. The highest BCUT2D eigenvalue weighted by molar-refractivity contribution is 8.00. The Morgan fingerprint density at radius 3 is 2.66 bits per heavy atom. The molecule has 0 aliphatic carbocycles. The molecule has 0 saturated heterocycles. The highest BCUT2D eigenvalue weighted by atomic mass is 32.2. The molecule has 3 rings (SSSR count). The van der Waals surface area contributed by atoms with Gasteiger partial charge in [0, 0.05) is 36.6 Å². The van der Waals surface area contributed by atoms with Crippen molar-refractivity contribution in [3.63, 3.8) is 0 Å². The van der Waals surface area contributed by atoms with Crippen LogP contribution in [0.4, 0.5) is 10.1 Å². The molecule has 2 N–H and O–H groups in total. The van der Waals surface area contributed by atoms with E-state index in [0.29, 0.717) is 12.2 Å². The Hall–Kier alpha value is -2.39. The number of halogens is 1. The molecule has 0 spiro atoms. The van der Waals surface area contributed by atoms with Gasteiger partial charge in [0.2, 0.25) is 17.7 Å². The number of carbonyl (C=O) groups excluding carboxylic acids is 3. The van der Waals surface area contributed by atoms with E-state index < -0.39 is 0 Å². The Morgan fingerprint density at radius 1 is 1.10 bits per heavy atom. The minimum atomic E-state index is -0.371. The normalized spacial score (nSPS) is 12.9. The van der Waals surface area contributed by atoms with Gasteiger partial charge < -0.3 is 15.5 Å². The van der Waals surface area contributed by atoms with Gasteiger partial charge in [-0.05, 0) is 47.7 Å². The second-order valence-corrected chi connectivity index (χ2v) is 8.57. The zero-order valence-corrected chi connectivity index (χ0v) is 17.4. The van der Waals surface area contributed by atoms with Crippen molar-refractivity contribution in [1.29, 1.82) is 0 Å². The average molecular weight is 436 g/mol. The number of benzene rings is 1. The zero-order chi connectivity index (χ0) is 20.6. The quantitative estimate of drug-likeness (QED) is 0.668. The van der Waals surface area contributed by atoms with Crippen LogP contribution in [0, 0.1) is 5.82 Å². The van der Waals surface area contributed by atoms with Crippen LogP contribution >= 0.6 is 23.1 Å². The number of amides is 3. The summed E-state index contributed by atoms with van der Waals surface area (Å²) in [6.07, 6.45) is 1.16. The van der Waals surface area contributed by atoms with Crippen molar-refractivity contribution >= 4 is 46.5 Å². The van der Waals surface area contributed by atoms with E-state index in [2.05, 4.69) is 22.1 Å². The third kappa shape index (κ3) is 6.57. The molecule has 1 aliphatic heterocycles. The lowest BCUT2D eigenvalue weighted by Gasteiger charge is -2.27. The van der Waals surface area contributed by atoms with Crippen LogP contribution in [-0.2, 0) is 27.3 Å². The molecule has 0 bridgehead atoms. The average Bonchev–Trinajstić information content (AvgIpc) is 3.17. The number of hydrogen-bond donors (Lipinski definition) is 2. The van der Waals surface area contributed by atoms with Gasteiger partial charge >= 0.3 is 0 Å². The first-order valence-electron chi connectivity index (χ1n) is 9.24. The summed E-state index contributed by atoms with van der Waals surface area (Å²) in [7, 11) is 0. The third-order valence-electron chi connectivity index (χ3n) is 4.42. The topological polar surface area (TPSA) is 78.5 Å². The highest BCUT2D eigenvalue weighted by Gasteiger charge is 2.21. The van der Waals surface area contributed by atoms with E-state index in [0.717, 1.165) is 13.0 Å². The largest absolute Gasteiger partial charge is 0.355 e. The number of fused-ring (bicyclic) bond motifs is 1. The Kier molecular flexibility index (Phi) is 7.65. The summed E-state index contributed by atoms with van der Waals surface area (Å²) < 4.78 is 12.8. The van der Waals surface area contributed by atoms with Gasteiger partial charge in [-0.2, -0.15) is 0 Å². The lowest BCUT2D eigenvalue weighted by molar-refractivity contribution is -0.132. The first kappa shape index (κ1) is 21.3. The number of rotatable bonds is 8. The number of nitrogens with zero attached hydrogens (tertiary/aromatic N) is 1. The fourth-order valence-corrected chi connectivity index (χ4v) is 4.48. The second-order valence-electron chi connectivity index (χ2n) is 6.58. The molecule has 0 radical (unpaired) electrons. The number of nitrogens with one attached hydrogen (secondary N) is 2. The van der Waals surface area contributed by atoms with Gasteiger partial charge in [-0.15, -0.1) is 23.1 Å². The molecule has 154 valence electrons. The molecule has 0 unspecified atom stereocenters. The molecule has 2 aromatic rings. The monoisotopic (exact) mass is 435 g/mol. The maximum Gasteiger partial charge on any atom is 0.234 e. The summed E-state index contributed by atoms with van der Waals surface area (Å²) in [5.74, 6) is -0.566. The number of hydrogen-bond acceptors (Lipinski definition) is 5. The standard InChI is InChI=1S/C20H22FN3O3S2/c21-15-1-3-16(4-2-15)23-19(26)13-28-12-18(25)22-8-5-20(27)24-9-6-17-14(11-24)7-10-29-17/h1-4,7,10H,5-6,8-9,11-13H2,(H,22,25)(H,23,26). The third-order valence-corrected chi connectivity index (χ3v) is 6.37. The van der Waals surface area contributed by atoms with E-state index in [1.54, 1.807) is 11.3 Å². The zero-order valence-electron chi connectivity index (χ0n) is 15.8. The van der Waals surface area contributed by atoms with E-state index >= 15 is 0 Å². The fraction of sp³-hybridized carbons (Fsp3) is 0.350. The lowest BCUT2D eigenvalue weighted by Crippen LogP contribution is -2.37. The van der Waals surface area contributed by atoms with Gasteiger partial charge in [-0.1, -0.05) is 0 Å².